The average Bonchev–Trinajstić information content (AvgIpc) is 2.01. The summed E-state index contributed by atoms with van der Waals surface area (Å²) in [7, 11) is 0. The molecular weight excluding hydrogens is 174 g/mol. The van der Waals surface area contributed by atoms with Gasteiger partial charge < -0.3 is 15.2 Å². The summed E-state index contributed by atoms with van der Waals surface area (Å²) in [6.45, 7) is 3.41. The first-order valence-electron chi connectivity index (χ1n) is 4.14. The second-order valence-electron chi connectivity index (χ2n) is 2.60. The van der Waals surface area contributed by atoms with Gasteiger partial charge >= 0.3 is 5.97 Å². The van der Waals surface area contributed by atoms with Crippen LogP contribution in [-0.2, 0) is 14.3 Å². The van der Waals surface area contributed by atoms with Gasteiger partial charge in [-0.05, 0) is 6.92 Å². The first-order chi connectivity index (χ1) is 6.06. The summed E-state index contributed by atoms with van der Waals surface area (Å²) in [5, 5.41) is 11.6. The molecule has 0 aliphatic carbocycles. The van der Waals surface area contributed by atoms with Crippen molar-refractivity contribution in [3.63, 3.8) is 0 Å². The van der Waals surface area contributed by atoms with E-state index >= 15 is 0 Å². The van der Waals surface area contributed by atoms with E-state index in [4.69, 9.17) is 0 Å². The van der Waals surface area contributed by atoms with Crippen LogP contribution >= 0.6 is 0 Å². The Morgan fingerprint density at radius 1 is 1.54 bits per heavy atom. The molecule has 0 aliphatic rings. The Bertz CT molecular complexity index is 181. The van der Waals surface area contributed by atoms with Crippen LogP contribution in [0.1, 0.15) is 20.3 Å². The van der Waals surface area contributed by atoms with Gasteiger partial charge in [0.15, 0.2) is 0 Å². The smallest absolute Gasteiger partial charge is 0.308 e. The van der Waals surface area contributed by atoms with Crippen LogP contribution in [0.2, 0.25) is 0 Å². The zero-order valence-electron chi connectivity index (χ0n) is 7.87. The molecule has 0 spiro atoms. The molecule has 0 aliphatic heterocycles. The molecule has 0 bridgehead atoms. The van der Waals surface area contributed by atoms with Gasteiger partial charge in [0.25, 0.3) is 0 Å². The van der Waals surface area contributed by atoms with Crippen LogP contribution in [0.15, 0.2) is 0 Å². The zero-order chi connectivity index (χ0) is 10.3. The van der Waals surface area contributed by atoms with Crippen molar-refractivity contribution in [1.82, 2.24) is 5.32 Å². The molecule has 0 aromatic carbocycles. The van der Waals surface area contributed by atoms with E-state index in [0.717, 1.165) is 0 Å². The van der Waals surface area contributed by atoms with E-state index in [9.17, 15) is 14.7 Å². The molecule has 0 radical (unpaired) electrons. The summed E-state index contributed by atoms with van der Waals surface area (Å²) < 4.78 is 4.61. The largest absolute Gasteiger partial charge is 0.466 e. The molecule has 1 unspecified atom stereocenters. The summed E-state index contributed by atoms with van der Waals surface area (Å²) in [5.41, 5.74) is 0. The average molecular weight is 189 g/mol. The number of ether oxygens (including phenoxy) is 1. The molecule has 0 saturated carbocycles. The molecule has 0 aromatic heterocycles. The number of nitrogens with one attached hydrogen (secondary N) is 1. The minimum atomic E-state index is -0.872. The maximum atomic E-state index is 10.8. The van der Waals surface area contributed by atoms with Gasteiger partial charge in [-0.2, -0.15) is 0 Å². The number of hydrogen-bond donors (Lipinski definition) is 2. The molecule has 0 rings (SSSR count). The fraction of sp³-hybridized carbons (Fsp3) is 0.750. The van der Waals surface area contributed by atoms with Gasteiger partial charge in [-0.15, -0.1) is 0 Å². The number of amides is 1. The van der Waals surface area contributed by atoms with Crippen molar-refractivity contribution in [2.45, 2.75) is 26.4 Å². The zero-order valence-corrected chi connectivity index (χ0v) is 7.87. The Balaban J connectivity index is 3.55. The predicted octanol–water partition coefficient (Wildman–Crippen LogP) is -0.563. The highest BCUT2D eigenvalue weighted by molar-refractivity contribution is 5.73. The Labute approximate surface area is 77.1 Å². The lowest BCUT2D eigenvalue weighted by molar-refractivity contribution is -0.145. The van der Waals surface area contributed by atoms with Gasteiger partial charge in [-0.3, -0.25) is 9.59 Å². The van der Waals surface area contributed by atoms with E-state index in [0.29, 0.717) is 6.61 Å². The Morgan fingerprint density at radius 3 is 2.62 bits per heavy atom. The van der Waals surface area contributed by atoms with Crippen LogP contribution < -0.4 is 5.32 Å². The number of rotatable bonds is 5. The van der Waals surface area contributed by atoms with Gasteiger partial charge in [0, 0.05) is 13.5 Å². The minimum Gasteiger partial charge on any atom is -0.466 e. The Hall–Kier alpha value is -1.10. The summed E-state index contributed by atoms with van der Waals surface area (Å²) in [6.07, 6.45) is -0.961. The summed E-state index contributed by atoms with van der Waals surface area (Å²) in [6, 6.07) is 0. The maximum Gasteiger partial charge on any atom is 0.308 e. The molecule has 1 atom stereocenters. The standard InChI is InChI=1S/C8H15NO4/c1-3-13-8(12)4-7(11)5-9-6(2)10/h7,11H,3-5H2,1-2H3,(H,9,10). The van der Waals surface area contributed by atoms with E-state index in [-0.39, 0.29) is 18.9 Å². The van der Waals surface area contributed by atoms with Crippen molar-refractivity contribution in [3.8, 4) is 0 Å². The van der Waals surface area contributed by atoms with Crippen LogP contribution in [0.3, 0.4) is 0 Å². The molecule has 0 heterocycles. The van der Waals surface area contributed by atoms with E-state index in [1.807, 2.05) is 0 Å². The van der Waals surface area contributed by atoms with E-state index < -0.39 is 12.1 Å². The third kappa shape index (κ3) is 7.27. The van der Waals surface area contributed by atoms with Crippen LogP contribution in [0.25, 0.3) is 0 Å². The van der Waals surface area contributed by atoms with E-state index in [1.54, 1.807) is 6.92 Å². The van der Waals surface area contributed by atoms with Crippen molar-refractivity contribution < 1.29 is 19.4 Å². The van der Waals surface area contributed by atoms with Crippen LogP contribution in [0.4, 0.5) is 0 Å². The fourth-order valence-electron chi connectivity index (χ4n) is 0.746. The lowest BCUT2D eigenvalue weighted by Crippen LogP contribution is -2.32. The van der Waals surface area contributed by atoms with E-state index in [1.165, 1.54) is 6.92 Å². The highest BCUT2D eigenvalue weighted by atomic mass is 16.5. The molecule has 76 valence electrons. The molecule has 0 aromatic rings. The molecule has 13 heavy (non-hydrogen) atoms. The molecule has 2 N–H and O–H groups in total. The number of carbonyl (C=O) groups excluding carboxylic acids is 2. The highest BCUT2D eigenvalue weighted by Gasteiger charge is 2.11. The monoisotopic (exact) mass is 189 g/mol. The van der Waals surface area contributed by atoms with Crippen LogP contribution in [0.5, 0.6) is 0 Å². The fourth-order valence-corrected chi connectivity index (χ4v) is 0.746. The quantitative estimate of drug-likeness (QED) is 0.568. The van der Waals surface area contributed by atoms with Crippen molar-refractivity contribution in [2.75, 3.05) is 13.2 Å². The second-order valence-corrected chi connectivity index (χ2v) is 2.60. The number of hydrogen-bond acceptors (Lipinski definition) is 4. The van der Waals surface area contributed by atoms with Crippen LogP contribution in [-0.4, -0.2) is 36.2 Å². The Morgan fingerprint density at radius 2 is 2.15 bits per heavy atom. The lowest BCUT2D eigenvalue weighted by atomic mass is 10.2. The maximum absolute atomic E-state index is 10.8. The topological polar surface area (TPSA) is 75.6 Å². The molecule has 0 fully saturated rings. The van der Waals surface area contributed by atoms with Gasteiger partial charge in [0.05, 0.1) is 19.1 Å². The van der Waals surface area contributed by atoms with Crippen molar-refractivity contribution in [3.05, 3.63) is 0 Å². The van der Waals surface area contributed by atoms with Crippen molar-refractivity contribution >= 4 is 11.9 Å². The molecule has 0 saturated heterocycles. The van der Waals surface area contributed by atoms with Crippen LogP contribution in [0, 0.1) is 0 Å². The van der Waals surface area contributed by atoms with Gasteiger partial charge in [-0.25, -0.2) is 0 Å². The van der Waals surface area contributed by atoms with E-state index in [2.05, 4.69) is 10.1 Å². The summed E-state index contributed by atoms with van der Waals surface area (Å²) >= 11 is 0. The second kappa shape index (κ2) is 6.42. The van der Waals surface area contributed by atoms with Gasteiger partial charge in [-0.1, -0.05) is 0 Å². The van der Waals surface area contributed by atoms with Crippen molar-refractivity contribution in [1.29, 1.82) is 0 Å². The lowest BCUT2D eigenvalue weighted by Gasteiger charge is -2.09. The summed E-state index contributed by atoms with van der Waals surface area (Å²) in [5.74, 6) is -0.691. The van der Waals surface area contributed by atoms with Gasteiger partial charge in [0.1, 0.15) is 0 Å². The van der Waals surface area contributed by atoms with Gasteiger partial charge in [0.2, 0.25) is 5.91 Å². The minimum absolute atomic E-state index is 0.0775. The number of carbonyl (C=O) groups is 2. The van der Waals surface area contributed by atoms with Crippen molar-refractivity contribution in [2.24, 2.45) is 0 Å². The Kier molecular flexibility index (Phi) is 5.88. The first-order valence-corrected chi connectivity index (χ1v) is 4.14. The third-order valence-electron chi connectivity index (χ3n) is 1.29. The normalized spacial score (nSPS) is 11.9. The number of aliphatic hydroxyl groups excluding tert-OH is 1. The third-order valence-corrected chi connectivity index (χ3v) is 1.29. The molecule has 5 heteroatoms. The number of aliphatic hydroxyl groups is 1. The summed E-state index contributed by atoms with van der Waals surface area (Å²) in [4.78, 5) is 21.2. The molecule has 1 amide bonds. The molecular formula is C8H15NO4. The highest BCUT2D eigenvalue weighted by Crippen LogP contribution is 1.93. The predicted molar refractivity (Wildman–Crippen MR) is 45.9 cm³/mol. The number of esters is 1. The SMILES string of the molecule is CCOC(=O)CC(O)CNC(C)=O. The first kappa shape index (κ1) is 11.9. The molecule has 5 nitrogen and oxygen atoms in total.